The number of benzene rings is 9. The Morgan fingerprint density at radius 2 is 0.757 bits per heavy atom. The lowest BCUT2D eigenvalue weighted by atomic mass is 9.83. The molecule has 0 aliphatic carbocycles. The molecule has 14 heteroatoms. The fourth-order valence-electron chi connectivity index (χ4n) is 10.1. The van der Waals surface area contributed by atoms with Crippen LogP contribution < -0.4 is 31.6 Å². The SMILES string of the molecule is CC(C)c1cccc(C(C)C)c1NC(=O)c1ccc2c3c(Oc4cccc(F)c4F)cc(C(N)=O)c4c(C(N)=O)ccc(c5c(Oc6cccc(F)c6F)cc(C(=O)Nc6c(C(C)C)cccc6C(C)C)c1c25)c43. The molecule has 376 valence electrons. The number of primary amides is 2. The standard InChI is InChI=1S/C60H52F4N4O6/c1-27(2)31-13-9-14-32(28(3)4)55(31)67-59(71)38-24-22-36-49-45(73-43-19-11-17-41(61)53(43)63)25-39(58(66)70)47-37(57(65)69)23-21-35(51(47)49)50-46(74-44-20-12-18-42(62)54(44)64)26-40(48(38)52(36)50)60(72)68-56-33(29(5)6)15-10-16-34(56)30(7)8/h9-30H,1-8H3,(H2,65,69)(H2,66,70)(H,67,71)(H,68,72). The lowest BCUT2D eigenvalue weighted by Crippen LogP contribution is -2.20. The first-order valence-corrected chi connectivity index (χ1v) is 24.2. The summed E-state index contributed by atoms with van der Waals surface area (Å²) in [6.45, 7) is 16.0. The van der Waals surface area contributed by atoms with Gasteiger partial charge in [-0.15, -0.1) is 0 Å². The van der Waals surface area contributed by atoms with E-state index < -0.39 is 58.4 Å². The van der Waals surface area contributed by atoms with Crippen LogP contribution in [0, 0.1) is 23.3 Å². The minimum atomic E-state index is -1.36. The lowest BCUT2D eigenvalue weighted by molar-refractivity contribution is 0.0996. The highest BCUT2D eigenvalue weighted by atomic mass is 19.2. The van der Waals surface area contributed by atoms with Crippen LogP contribution >= 0.6 is 0 Å². The number of hydrogen-bond donors (Lipinski definition) is 4. The second kappa shape index (κ2) is 19.5. The number of carbonyl (C=O) groups excluding carboxylic acids is 4. The summed E-state index contributed by atoms with van der Waals surface area (Å²) in [5.74, 6) is -10.4. The van der Waals surface area contributed by atoms with Gasteiger partial charge >= 0.3 is 0 Å². The second-order valence-corrected chi connectivity index (χ2v) is 19.6. The molecule has 0 aliphatic heterocycles. The van der Waals surface area contributed by atoms with Gasteiger partial charge in [-0.2, -0.15) is 8.78 Å². The van der Waals surface area contributed by atoms with Gasteiger partial charge in [-0.05, 0) is 105 Å². The van der Waals surface area contributed by atoms with E-state index in [2.05, 4.69) is 10.6 Å². The molecule has 0 saturated carbocycles. The van der Waals surface area contributed by atoms with E-state index in [4.69, 9.17) is 20.9 Å². The number of amides is 4. The number of fused-ring (bicyclic) bond motifs is 2. The topological polar surface area (TPSA) is 163 Å². The van der Waals surface area contributed by atoms with Gasteiger partial charge in [0.15, 0.2) is 23.1 Å². The molecular formula is C60H52F4N4O6. The van der Waals surface area contributed by atoms with Crippen LogP contribution in [-0.4, -0.2) is 23.6 Å². The van der Waals surface area contributed by atoms with Gasteiger partial charge in [-0.3, -0.25) is 19.2 Å². The largest absolute Gasteiger partial charge is 0.453 e. The van der Waals surface area contributed by atoms with Crippen molar-refractivity contribution in [2.24, 2.45) is 11.5 Å². The minimum Gasteiger partial charge on any atom is -0.453 e. The quantitative estimate of drug-likeness (QED) is 0.0481. The van der Waals surface area contributed by atoms with Crippen molar-refractivity contribution >= 4 is 78.1 Å². The molecule has 0 fully saturated rings. The third kappa shape index (κ3) is 8.63. The number of nitrogens with two attached hydrogens (primary N) is 2. The minimum absolute atomic E-state index is 0.00558. The van der Waals surface area contributed by atoms with E-state index in [9.17, 15) is 14.0 Å². The maximum atomic E-state index is 15.9. The van der Waals surface area contributed by atoms with Crippen LogP contribution in [0.3, 0.4) is 0 Å². The fourth-order valence-corrected chi connectivity index (χ4v) is 10.1. The molecule has 0 atom stereocenters. The summed E-state index contributed by atoms with van der Waals surface area (Å²) in [6, 6.07) is 26.5. The third-order valence-corrected chi connectivity index (χ3v) is 13.5. The van der Waals surface area contributed by atoms with Crippen molar-refractivity contribution in [2.75, 3.05) is 10.6 Å². The van der Waals surface area contributed by atoms with Crippen molar-refractivity contribution in [3.05, 3.63) is 177 Å². The van der Waals surface area contributed by atoms with Gasteiger partial charge in [0.2, 0.25) is 23.4 Å². The molecule has 6 N–H and O–H groups in total. The predicted molar refractivity (Wildman–Crippen MR) is 283 cm³/mol. The summed E-state index contributed by atoms with van der Waals surface area (Å²) >= 11 is 0. The molecule has 0 aliphatic rings. The molecule has 4 amide bonds. The van der Waals surface area contributed by atoms with Crippen LogP contribution in [0.15, 0.2) is 109 Å². The average Bonchev–Trinajstić information content (AvgIpc) is 3.35. The van der Waals surface area contributed by atoms with E-state index in [-0.39, 0.29) is 101 Å². The maximum Gasteiger partial charge on any atom is 0.256 e. The average molecular weight is 1000 g/mol. The van der Waals surface area contributed by atoms with Crippen LogP contribution in [0.5, 0.6) is 23.0 Å². The summed E-state index contributed by atoms with van der Waals surface area (Å²) in [5, 5.41) is 7.07. The Kier molecular flexibility index (Phi) is 13.3. The Hall–Kier alpha value is -8.52. The first-order chi connectivity index (χ1) is 35.2. The number of para-hydroxylation sites is 2. The van der Waals surface area contributed by atoms with Crippen molar-refractivity contribution in [3.8, 4) is 23.0 Å². The van der Waals surface area contributed by atoms with E-state index in [0.29, 0.717) is 11.4 Å². The highest BCUT2D eigenvalue weighted by Crippen LogP contribution is 2.52. The summed E-state index contributed by atoms with van der Waals surface area (Å²) in [5.41, 5.74) is 15.9. The zero-order chi connectivity index (χ0) is 53.2. The van der Waals surface area contributed by atoms with Crippen LogP contribution in [0.4, 0.5) is 28.9 Å². The number of carbonyl (C=O) groups is 4. The van der Waals surface area contributed by atoms with E-state index in [0.717, 1.165) is 34.4 Å². The molecule has 9 aromatic carbocycles. The van der Waals surface area contributed by atoms with Gasteiger partial charge in [0.1, 0.15) is 11.5 Å². The zero-order valence-corrected chi connectivity index (χ0v) is 41.8. The summed E-state index contributed by atoms with van der Waals surface area (Å²) in [6.07, 6.45) is 0. The Balaban J connectivity index is 1.50. The van der Waals surface area contributed by atoms with Gasteiger partial charge in [-0.1, -0.05) is 116 Å². The summed E-state index contributed by atoms with van der Waals surface area (Å²) < 4.78 is 74.3. The van der Waals surface area contributed by atoms with Gasteiger partial charge < -0.3 is 31.6 Å². The molecular weight excluding hydrogens is 949 g/mol. The first-order valence-electron chi connectivity index (χ1n) is 24.2. The van der Waals surface area contributed by atoms with Gasteiger partial charge in [0, 0.05) is 54.8 Å². The normalized spacial score (nSPS) is 11.8. The molecule has 0 radical (unpaired) electrons. The highest BCUT2D eigenvalue weighted by Gasteiger charge is 2.32. The molecule has 0 aromatic heterocycles. The Morgan fingerprint density at radius 3 is 1.15 bits per heavy atom. The fraction of sp³-hybridized carbons (Fsp3) is 0.200. The predicted octanol–water partition coefficient (Wildman–Crippen LogP) is 15.1. The smallest absolute Gasteiger partial charge is 0.256 e. The van der Waals surface area contributed by atoms with Crippen molar-refractivity contribution in [3.63, 3.8) is 0 Å². The summed E-state index contributed by atoms with van der Waals surface area (Å²) in [7, 11) is 0. The van der Waals surface area contributed by atoms with E-state index >= 15 is 22.8 Å². The van der Waals surface area contributed by atoms with Crippen LogP contribution in [0.2, 0.25) is 0 Å². The second-order valence-electron chi connectivity index (χ2n) is 19.6. The monoisotopic (exact) mass is 1000 g/mol. The number of anilines is 2. The molecule has 0 saturated heterocycles. The third-order valence-electron chi connectivity index (χ3n) is 13.5. The van der Waals surface area contributed by atoms with Crippen molar-refractivity contribution in [2.45, 2.75) is 79.1 Å². The van der Waals surface area contributed by atoms with Gasteiger partial charge in [0.05, 0.1) is 11.1 Å². The Bertz CT molecular complexity index is 3760. The molecule has 74 heavy (non-hydrogen) atoms. The molecule has 0 bridgehead atoms. The number of nitrogens with one attached hydrogen (secondary N) is 2. The molecule has 9 rings (SSSR count). The van der Waals surface area contributed by atoms with E-state index in [1.54, 1.807) is 6.07 Å². The van der Waals surface area contributed by atoms with Crippen molar-refractivity contribution < 1.29 is 46.2 Å². The lowest BCUT2D eigenvalue weighted by Gasteiger charge is -2.25. The number of ether oxygens (including phenoxy) is 2. The zero-order valence-electron chi connectivity index (χ0n) is 41.8. The number of hydrogen-bond acceptors (Lipinski definition) is 6. The Labute approximate surface area is 424 Å². The van der Waals surface area contributed by atoms with Crippen LogP contribution in [0.25, 0.3) is 43.1 Å². The van der Waals surface area contributed by atoms with E-state index in [1.165, 1.54) is 54.6 Å². The van der Waals surface area contributed by atoms with Crippen LogP contribution in [0.1, 0.15) is 143 Å². The molecule has 0 unspecified atom stereocenters. The van der Waals surface area contributed by atoms with Gasteiger partial charge in [-0.25, -0.2) is 8.78 Å². The van der Waals surface area contributed by atoms with Crippen LogP contribution in [-0.2, 0) is 0 Å². The summed E-state index contributed by atoms with van der Waals surface area (Å²) in [4.78, 5) is 58.0. The first kappa shape index (κ1) is 50.4. The Morgan fingerprint density at radius 1 is 0.405 bits per heavy atom. The molecule has 0 heterocycles. The van der Waals surface area contributed by atoms with E-state index in [1.807, 2.05) is 91.8 Å². The maximum absolute atomic E-state index is 15.9. The van der Waals surface area contributed by atoms with Crippen molar-refractivity contribution in [1.29, 1.82) is 0 Å². The molecule has 0 spiro atoms. The molecule has 9 aromatic rings. The number of rotatable bonds is 14. The number of halogens is 4. The van der Waals surface area contributed by atoms with Gasteiger partial charge in [0.25, 0.3) is 11.8 Å². The highest BCUT2D eigenvalue weighted by molar-refractivity contribution is 6.41. The molecule has 10 nitrogen and oxygen atoms in total. The van der Waals surface area contributed by atoms with Crippen molar-refractivity contribution in [1.82, 2.24) is 0 Å².